The van der Waals surface area contributed by atoms with Crippen molar-refractivity contribution in [3.8, 4) is 0 Å². The molecule has 0 fully saturated rings. The van der Waals surface area contributed by atoms with Gasteiger partial charge in [-0.1, -0.05) is 12.1 Å². The highest BCUT2D eigenvalue weighted by Crippen LogP contribution is 2.15. The van der Waals surface area contributed by atoms with Crippen LogP contribution < -0.4 is 10.5 Å². The predicted molar refractivity (Wildman–Crippen MR) is 76.2 cm³/mol. The van der Waals surface area contributed by atoms with Crippen molar-refractivity contribution in [2.45, 2.75) is 18.5 Å². The SMILES string of the molecule is CCn1cnc(S(=O)(=O)Nc2cccc(C(=N)N)c2)c1. The maximum absolute atomic E-state index is 12.1. The molecule has 1 heterocycles. The zero-order valence-electron chi connectivity index (χ0n) is 10.9. The van der Waals surface area contributed by atoms with E-state index in [1.165, 1.54) is 18.6 Å². The largest absolute Gasteiger partial charge is 0.384 e. The molecular formula is C12H15N5O2S. The van der Waals surface area contributed by atoms with Crippen LogP contribution in [0, 0.1) is 5.41 Å². The van der Waals surface area contributed by atoms with Crippen LogP contribution in [0.3, 0.4) is 0 Å². The Balaban J connectivity index is 2.28. The summed E-state index contributed by atoms with van der Waals surface area (Å²) in [5.74, 6) is -0.124. The molecular weight excluding hydrogens is 278 g/mol. The fraction of sp³-hybridized carbons (Fsp3) is 0.167. The van der Waals surface area contributed by atoms with Crippen molar-refractivity contribution in [2.75, 3.05) is 4.72 Å². The average molecular weight is 293 g/mol. The van der Waals surface area contributed by atoms with Crippen molar-refractivity contribution >= 4 is 21.5 Å². The summed E-state index contributed by atoms with van der Waals surface area (Å²) >= 11 is 0. The minimum atomic E-state index is -3.74. The van der Waals surface area contributed by atoms with Gasteiger partial charge in [0.25, 0.3) is 10.0 Å². The lowest BCUT2D eigenvalue weighted by Crippen LogP contribution is -2.15. The standard InChI is InChI=1S/C12H15N5O2S/c1-2-17-7-11(15-8-17)20(18,19)16-10-5-3-4-9(6-10)12(13)14/h3-8,16H,2H2,1H3,(H3,13,14). The van der Waals surface area contributed by atoms with Crippen molar-refractivity contribution in [1.82, 2.24) is 9.55 Å². The molecule has 0 amide bonds. The molecule has 0 aliphatic carbocycles. The van der Waals surface area contributed by atoms with Crippen LogP contribution in [0.25, 0.3) is 0 Å². The molecule has 0 radical (unpaired) electrons. The maximum atomic E-state index is 12.1. The normalized spacial score (nSPS) is 11.2. The smallest absolute Gasteiger partial charge is 0.280 e. The van der Waals surface area contributed by atoms with Crippen molar-refractivity contribution in [3.63, 3.8) is 0 Å². The van der Waals surface area contributed by atoms with Crippen LogP contribution >= 0.6 is 0 Å². The first-order valence-corrected chi connectivity index (χ1v) is 7.40. The van der Waals surface area contributed by atoms with Gasteiger partial charge in [0.15, 0.2) is 5.03 Å². The highest BCUT2D eigenvalue weighted by Gasteiger charge is 2.17. The van der Waals surface area contributed by atoms with E-state index < -0.39 is 10.0 Å². The molecule has 0 unspecified atom stereocenters. The molecule has 0 bridgehead atoms. The van der Waals surface area contributed by atoms with Gasteiger partial charge in [-0.2, -0.15) is 8.42 Å². The molecule has 0 atom stereocenters. The lowest BCUT2D eigenvalue weighted by molar-refractivity contribution is 0.598. The van der Waals surface area contributed by atoms with Crippen LogP contribution in [0.15, 0.2) is 41.8 Å². The van der Waals surface area contributed by atoms with Gasteiger partial charge < -0.3 is 10.3 Å². The summed E-state index contributed by atoms with van der Waals surface area (Å²) in [6.07, 6.45) is 2.91. The van der Waals surface area contributed by atoms with E-state index in [0.717, 1.165) is 0 Å². The molecule has 0 aliphatic rings. The first-order chi connectivity index (χ1) is 9.42. The van der Waals surface area contributed by atoms with Gasteiger partial charge in [-0.25, -0.2) is 4.98 Å². The number of sulfonamides is 1. The second kappa shape index (κ2) is 5.33. The van der Waals surface area contributed by atoms with E-state index >= 15 is 0 Å². The van der Waals surface area contributed by atoms with Gasteiger partial charge in [0, 0.05) is 24.0 Å². The topological polar surface area (TPSA) is 114 Å². The molecule has 1 aromatic carbocycles. The highest BCUT2D eigenvalue weighted by molar-refractivity contribution is 7.92. The van der Waals surface area contributed by atoms with Gasteiger partial charge in [-0.15, -0.1) is 0 Å². The zero-order chi connectivity index (χ0) is 14.8. The molecule has 2 aromatic rings. The van der Waals surface area contributed by atoms with Crippen LogP contribution in [-0.4, -0.2) is 23.8 Å². The number of rotatable bonds is 5. The van der Waals surface area contributed by atoms with Gasteiger partial charge in [0.2, 0.25) is 0 Å². The molecule has 0 aliphatic heterocycles. The van der Waals surface area contributed by atoms with E-state index in [0.29, 0.717) is 17.8 Å². The molecule has 4 N–H and O–H groups in total. The Labute approximate surface area is 117 Å². The van der Waals surface area contributed by atoms with Gasteiger partial charge in [-0.3, -0.25) is 10.1 Å². The van der Waals surface area contributed by atoms with Crippen molar-refractivity contribution in [2.24, 2.45) is 5.73 Å². The van der Waals surface area contributed by atoms with Gasteiger partial charge in [0.1, 0.15) is 5.84 Å². The first-order valence-electron chi connectivity index (χ1n) is 5.91. The minimum Gasteiger partial charge on any atom is -0.384 e. The lowest BCUT2D eigenvalue weighted by atomic mass is 10.2. The second-order valence-electron chi connectivity index (χ2n) is 4.14. The fourth-order valence-corrected chi connectivity index (χ4v) is 2.61. The third-order valence-corrected chi connectivity index (χ3v) is 3.94. The van der Waals surface area contributed by atoms with Gasteiger partial charge >= 0.3 is 0 Å². The number of benzene rings is 1. The maximum Gasteiger partial charge on any atom is 0.280 e. The molecule has 0 saturated heterocycles. The molecule has 2 rings (SSSR count). The third kappa shape index (κ3) is 2.97. The average Bonchev–Trinajstić information content (AvgIpc) is 2.88. The Bertz CT molecular complexity index is 736. The number of nitrogen functional groups attached to an aromatic ring is 1. The Morgan fingerprint density at radius 1 is 1.50 bits per heavy atom. The molecule has 0 saturated carbocycles. The van der Waals surface area contributed by atoms with Crippen LogP contribution in [0.5, 0.6) is 0 Å². The van der Waals surface area contributed by atoms with Crippen molar-refractivity contribution < 1.29 is 8.42 Å². The number of aryl methyl sites for hydroxylation is 1. The van der Waals surface area contributed by atoms with E-state index in [1.54, 1.807) is 22.8 Å². The Morgan fingerprint density at radius 2 is 2.25 bits per heavy atom. The number of hydrogen-bond donors (Lipinski definition) is 3. The number of aromatic nitrogens is 2. The molecule has 0 spiro atoms. The monoisotopic (exact) mass is 293 g/mol. The number of nitrogens with two attached hydrogens (primary N) is 1. The molecule has 1 aromatic heterocycles. The Morgan fingerprint density at radius 3 is 2.85 bits per heavy atom. The third-order valence-electron chi connectivity index (χ3n) is 2.68. The Hall–Kier alpha value is -2.35. The zero-order valence-corrected chi connectivity index (χ0v) is 11.7. The second-order valence-corrected chi connectivity index (χ2v) is 5.77. The van der Waals surface area contributed by atoms with E-state index in [2.05, 4.69) is 9.71 Å². The van der Waals surface area contributed by atoms with Crippen LogP contribution in [0.2, 0.25) is 0 Å². The van der Waals surface area contributed by atoms with Crippen LogP contribution in [0.4, 0.5) is 5.69 Å². The summed E-state index contributed by atoms with van der Waals surface area (Å²) < 4.78 is 28.4. The van der Waals surface area contributed by atoms with Crippen molar-refractivity contribution in [3.05, 3.63) is 42.4 Å². The summed E-state index contributed by atoms with van der Waals surface area (Å²) in [7, 11) is -3.74. The molecule has 8 heteroatoms. The number of hydrogen-bond acceptors (Lipinski definition) is 4. The Kier molecular flexibility index (Phi) is 3.75. The minimum absolute atomic E-state index is 0.0485. The number of amidine groups is 1. The van der Waals surface area contributed by atoms with Crippen LogP contribution in [0.1, 0.15) is 12.5 Å². The number of imidazole rings is 1. The van der Waals surface area contributed by atoms with Gasteiger partial charge in [-0.05, 0) is 19.1 Å². The number of anilines is 1. The predicted octanol–water partition coefficient (Wildman–Crippen LogP) is 0.988. The lowest BCUT2D eigenvalue weighted by Gasteiger charge is -2.07. The van der Waals surface area contributed by atoms with Crippen molar-refractivity contribution in [1.29, 1.82) is 5.41 Å². The quantitative estimate of drug-likeness (QED) is 0.563. The first kappa shape index (κ1) is 14.1. The van der Waals surface area contributed by atoms with Gasteiger partial charge in [0.05, 0.1) is 6.33 Å². The number of nitrogens with zero attached hydrogens (tertiary/aromatic N) is 2. The molecule has 106 valence electrons. The molecule has 7 nitrogen and oxygen atoms in total. The summed E-state index contributed by atoms with van der Waals surface area (Å²) in [5.41, 5.74) is 6.15. The summed E-state index contributed by atoms with van der Waals surface area (Å²) in [6.45, 7) is 2.53. The summed E-state index contributed by atoms with van der Waals surface area (Å²) in [4.78, 5) is 3.86. The van der Waals surface area contributed by atoms with Crippen LogP contribution in [-0.2, 0) is 16.6 Å². The van der Waals surface area contributed by atoms with E-state index in [4.69, 9.17) is 11.1 Å². The van der Waals surface area contributed by atoms with E-state index in [9.17, 15) is 8.42 Å². The van der Waals surface area contributed by atoms with E-state index in [1.807, 2.05) is 6.92 Å². The summed E-state index contributed by atoms with van der Waals surface area (Å²) in [5, 5.41) is 7.29. The number of nitrogens with one attached hydrogen (secondary N) is 2. The fourth-order valence-electron chi connectivity index (χ4n) is 1.61. The highest BCUT2D eigenvalue weighted by atomic mass is 32.2. The van der Waals surface area contributed by atoms with E-state index in [-0.39, 0.29) is 10.9 Å². The molecule has 20 heavy (non-hydrogen) atoms. The summed E-state index contributed by atoms with van der Waals surface area (Å²) in [6, 6.07) is 6.34.